The van der Waals surface area contributed by atoms with E-state index >= 15 is 0 Å². The van der Waals surface area contributed by atoms with E-state index in [0.29, 0.717) is 23.9 Å². The van der Waals surface area contributed by atoms with Crippen molar-refractivity contribution in [3.05, 3.63) is 149 Å². The summed E-state index contributed by atoms with van der Waals surface area (Å²) in [6.07, 6.45) is 6.47. The average molecular weight is 654 g/mol. The number of hydrogen-bond donors (Lipinski definition) is 1. The minimum absolute atomic E-state index is 0.294. The van der Waals surface area contributed by atoms with Gasteiger partial charge in [0.2, 0.25) is 0 Å². The number of hydrogen-bond acceptors (Lipinski definition) is 4. The molecule has 0 aliphatic carbocycles. The second kappa shape index (κ2) is 11.7. The van der Waals surface area contributed by atoms with Gasteiger partial charge in [-0.3, -0.25) is 0 Å². The Morgan fingerprint density at radius 1 is 0.780 bits per heavy atom. The van der Waals surface area contributed by atoms with E-state index in [1.807, 2.05) is 0 Å². The quantitative estimate of drug-likeness (QED) is 0.206. The third-order valence-corrected chi connectivity index (χ3v) is 12.0. The van der Waals surface area contributed by atoms with E-state index in [1.165, 1.54) is 72.5 Å². The van der Waals surface area contributed by atoms with Crippen LogP contribution in [-0.2, 0) is 0 Å². The molecule has 0 spiro atoms. The van der Waals surface area contributed by atoms with Crippen LogP contribution in [0.1, 0.15) is 65.8 Å². The summed E-state index contributed by atoms with van der Waals surface area (Å²) in [6, 6.07) is 44.0. The van der Waals surface area contributed by atoms with Crippen LogP contribution in [0.25, 0.3) is 27.5 Å². The number of rotatable bonds is 4. The predicted octanol–water partition coefficient (Wildman–Crippen LogP) is 9.93. The smallest absolute Gasteiger partial charge is 0.127 e. The van der Waals surface area contributed by atoms with Crippen LogP contribution in [0.5, 0.6) is 0 Å². The van der Waals surface area contributed by atoms with Gasteiger partial charge in [-0.15, -0.1) is 0 Å². The van der Waals surface area contributed by atoms with Gasteiger partial charge in [0.25, 0.3) is 0 Å². The minimum Gasteiger partial charge on any atom is -0.360 e. The lowest BCUT2D eigenvalue weighted by Gasteiger charge is -2.38. The molecule has 1 saturated heterocycles. The molecule has 50 heavy (non-hydrogen) atoms. The fourth-order valence-electron chi connectivity index (χ4n) is 9.74. The van der Waals surface area contributed by atoms with Crippen molar-refractivity contribution in [3.63, 3.8) is 0 Å². The first-order valence-corrected chi connectivity index (χ1v) is 18.4. The van der Waals surface area contributed by atoms with Crippen LogP contribution in [-0.4, -0.2) is 41.9 Å². The molecule has 4 aliphatic heterocycles. The molecule has 5 nitrogen and oxygen atoms in total. The molecule has 248 valence electrons. The summed E-state index contributed by atoms with van der Waals surface area (Å²) in [5.74, 6) is 2.12. The number of aliphatic imine (C=N–C) groups is 1. The lowest BCUT2D eigenvalue weighted by atomic mass is 9.82. The zero-order chi connectivity index (χ0) is 33.3. The van der Waals surface area contributed by atoms with Gasteiger partial charge in [0.1, 0.15) is 5.82 Å². The lowest BCUT2D eigenvalue weighted by molar-refractivity contribution is 0.343. The first kappa shape index (κ1) is 29.8. The highest BCUT2D eigenvalue weighted by Gasteiger charge is 2.43. The molecule has 0 bridgehead atoms. The molecular weight excluding hydrogens is 611 g/mol. The van der Waals surface area contributed by atoms with Crippen LogP contribution in [0.2, 0.25) is 0 Å². The number of para-hydroxylation sites is 3. The Kier molecular flexibility index (Phi) is 6.99. The molecule has 6 aromatic rings. The molecule has 1 fully saturated rings. The number of anilines is 2. The number of nitrogens with one attached hydrogen (secondary N) is 1. The van der Waals surface area contributed by atoms with Gasteiger partial charge in [-0.2, -0.15) is 0 Å². The van der Waals surface area contributed by atoms with Crippen molar-refractivity contribution < 1.29 is 0 Å². The van der Waals surface area contributed by atoms with Crippen molar-refractivity contribution in [2.24, 2.45) is 4.99 Å². The molecule has 4 atom stereocenters. The highest BCUT2D eigenvalue weighted by molar-refractivity contribution is 6.10. The van der Waals surface area contributed by atoms with Gasteiger partial charge in [-0.05, 0) is 103 Å². The van der Waals surface area contributed by atoms with Crippen molar-refractivity contribution in [1.29, 1.82) is 0 Å². The van der Waals surface area contributed by atoms with Crippen molar-refractivity contribution in [3.8, 4) is 5.69 Å². The Balaban J connectivity index is 1.01. The van der Waals surface area contributed by atoms with E-state index in [2.05, 4.69) is 155 Å². The number of allylic oxidation sites excluding steroid dienone is 1. The van der Waals surface area contributed by atoms with E-state index in [4.69, 9.17) is 4.99 Å². The van der Waals surface area contributed by atoms with Gasteiger partial charge in [-0.1, -0.05) is 72.8 Å². The SMILES string of the molecule is Cc1cc(C2CC3c4ccccc4N(c4ccccc4)C3CN2)cc2c3ccccc3n(-c3ccc(C4CCN(C)C5=C4CCC=N5)cc3)c12. The molecule has 5 aromatic carbocycles. The Hall–Kier alpha value is -5.13. The molecule has 0 saturated carbocycles. The van der Waals surface area contributed by atoms with E-state index in [9.17, 15) is 0 Å². The Bertz CT molecular complexity index is 2310. The molecule has 0 radical (unpaired) electrons. The maximum absolute atomic E-state index is 4.80. The Morgan fingerprint density at radius 3 is 2.46 bits per heavy atom. The standard InChI is InChI=1S/C45H43N5/c1-29-25-31(40-27-38-35-13-6-8-16-41(35)49(43(38)28-47-40)32-11-4-3-5-12-32)26-39-36-14-7-9-17-42(36)50(44(29)39)33-20-18-30(19-21-33)34-22-24-48(2)45-37(34)15-10-23-46-45/h3-9,11-14,16-21,23,25-26,34,38,40,43,47H,10,15,22,24,27-28H2,1-2H3. The Labute approximate surface area is 294 Å². The van der Waals surface area contributed by atoms with Crippen LogP contribution in [0.15, 0.2) is 132 Å². The summed E-state index contributed by atoms with van der Waals surface area (Å²) in [4.78, 5) is 9.70. The van der Waals surface area contributed by atoms with Crippen molar-refractivity contribution >= 4 is 39.4 Å². The van der Waals surface area contributed by atoms with Crippen molar-refractivity contribution in [2.45, 2.75) is 56.5 Å². The van der Waals surface area contributed by atoms with Crippen molar-refractivity contribution in [2.75, 3.05) is 25.0 Å². The molecular formula is C45H43N5. The molecule has 4 unspecified atom stereocenters. The van der Waals surface area contributed by atoms with E-state index < -0.39 is 0 Å². The average Bonchev–Trinajstić information content (AvgIpc) is 3.69. The zero-order valence-electron chi connectivity index (χ0n) is 28.9. The number of nitrogens with zero attached hydrogens (tertiary/aromatic N) is 4. The molecule has 10 rings (SSSR count). The molecule has 5 heterocycles. The molecule has 0 amide bonds. The van der Waals surface area contributed by atoms with Gasteiger partial charge in [0, 0.05) is 72.1 Å². The molecule has 1 N–H and O–H groups in total. The second-order valence-electron chi connectivity index (χ2n) is 14.8. The fraction of sp³-hybridized carbons (Fsp3) is 0.267. The van der Waals surface area contributed by atoms with Gasteiger partial charge >= 0.3 is 0 Å². The Morgan fingerprint density at radius 2 is 1.58 bits per heavy atom. The largest absolute Gasteiger partial charge is 0.360 e. The summed E-state index contributed by atoms with van der Waals surface area (Å²) < 4.78 is 2.49. The maximum atomic E-state index is 4.80. The normalized spacial score (nSPS) is 23.0. The van der Waals surface area contributed by atoms with Gasteiger partial charge in [0.05, 0.1) is 17.1 Å². The summed E-state index contributed by atoms with van der Waals surface area (Å²) >= 11 is 0. The molecule has 5 heteroatoms. The summed E-state index contributed by atoms with van der Waals surface area (Å²) in [7, 11) is 2.18. The first-order valence-electron chi connectivity index (χ1n) is 18.4. The van der Waals surface area contributed by atoms with E-state index in [1.54, 1.807) is 0 Å². The lowest BCUT2D eigenvalue weighted by Crippen LogP contribution is -2.46. The monoisotopic (exact) mass is 653 g/mol. The summed E-state index contributed by atoms with van der Waals surface area (Å²) in [5, 5.41) is 6.67. The number of fused-ring (bicyclic) bond motifs is 6. The van der Waals surface area contributed by atoms with Crippen LogP contribution >= 0.6 is 0 Å². The van der Waals surface area contributed by atoms with Crippen molar-refractivity contribution in [1.82, 2.24) is 14.8 Å². The fourth-order valence-corrected chi connectivity index (χ4v) is 9.74. The maximum Gasteiger partial charge on any atom is 0.127 e. The predicted molar refractivity (Wildman–Crippen MR) is 207 cm³/mol. The highest BCUT2D eigenvalue weighted by Crippen LogP contribution is 2.50. The highest BCUT2D eigenvalue weighted by atomic mass is 15.2. The van der Waals surface area contributed by atoms with Crippen LogP contribution in [0.3, 0.4) is 0 Å². The van der Waals surface area contributed by atoms with E-state index in [-0.39, 0.29) is 0 Å². The zero-order valence-corrected chi connectivity index (χ0v) is 28.9. The van der Waals surface area contributed by atoms with E-state index in [0.717, 1.165) is 38.8 Å². The minimum atomic E-state index is 0.294. The second-order valence-corrected chi connectivity index (χ2v) is 14.8. The number of piperidine rings is 1. The first-order chi connectivity index (χ1) is 24.6. The molecule has 4 aliphatic rings. The molecule has 1 aromatic heterocycles. The summed E-state index contributed by atoms with van der Waals surface area (Å²) in [6.45, 7) is 4.30. The topological polar surface area (TPSA) is 35.8 Å². The summed E-state index contributed by atoms with van der Waals surface area (Å²) in [5.41, 5.74) is 13.5. The van der Waals surface area contributed by atoms with Gasteiger partial charge in [-0.25, -0.2) is 4.99 Å². The number of benzene rings is 5. The van der Waals surface area contributed by atoms with Crippen LogP contribution < -0.4 is 10.2 Å². The van der Waals surface area contributed by atoms with Crippen LogP contribution in [0, 0.1) is 6.92 Å². The third-order valence-electron chi connectivity index (χ3n) is 12.0. The third kappa shape index (κ3) is 4.60. The number of aromatic nitrogens is 1. The van der Waals surface area contributed by atoms with Gasteiger partial charge in [0.15, 0.2) is 0 Å². The van der Waals surface area contributed by atoms with Gasteiger partial charge < -0.3 is 19.7 Å². The van der Waals surface area contributed by atoms with Crippen LogP contribution in [0.4, 0.5) is 11.4 Å². The number of aryl methyl sites for hydroxylation is 1.